The Hall–Kier alpha value is -0.430. The molecule has 0 aliphatic carbocycles. The Morgan fingerprint density at radius 2 is 2.06 bits per heavy atom. The molecular formula is C9H9BrClF2NO2. The van der Waals surface area contributed by atoms with Gasteiger partial charge >= 0.3 is 0 Å². The van der Waals surface area contributed by atoms with Crippen molar-refractivity contribution in [3.05, 3.63) is 27.2 Å². The van der Waals surface area contributed by atoms with E-state index >= 15 is 0 Å². The summed E-state index contributed by atoms with van der Waals surface area (Å²) >= 11 is 8.65. The van der Waals surface area contributed by atoms with E-state index < -0.39 is 24.3 Å². The minimum atomic E-state index is -3.55. The van der Waals surface area contributed by atoms with E-state index in [4.69, 9.17) is 22.4 Å². The summed E-state index contributed by atoms with van der Waals surface area (Å²) in [6.07, 6.45) is 0. The molecule has 0 heterocycles. The van der Waals surface area contributed by atoms with Crippen LogP contribution in [0.4, 0.5) is 8.78 Å². The third kappa shape index (κ3) is 2.45. The molecule has 0 aliphatic rings. The van der Waals surface area contributed by atoms with Crippen molar-refractivity contribution in [1.82, 2.24) is 0 Å². The van der Waals surface area contributed by atoms with Crippen molar-refractivity contribution in [1.29, 1.82) is 0 Å². The van der Waals surface area contributed by atoms with Crippen molar-refractivity contribution in [3.63, 3.8) is 0 Å². The van der Waals surface area contributed by atoms with Crippen molar-refractivity contribution in [2.24, 2.45) is 5.73 Å². The lowest BCUT2D eigenvalue weighted by atomic mass is 10.0. The SMILES string of the molecule is N[C@H](c1c(Cl)ccc(Br)c1O)C(F)(F)CO. The molecular weight excluding hydrogens is 307 g/mol. The van der Waals surface area contributed by atoms with Crippen LogP contribution in [0.2, 0.25) is 5.02 Å². The van der Waals surface area contributed by atoms with Crippen molar-refractivity contribution < 1.29 is 19.0 Å². The van der Waals surface area contributed by atoms with Crippen LogP contribution in [0.5, 0.6) is 5.75 Å². The van der Waals surface area contributed by atoms with Crippen LogP contribution in [0.25, 0.3) is 0 Å². The molecule has 0 saturated carbocycles. The van der Waals surface area contributed by atoms with Gasteiger partial charge in [-0.3, -0.25) is 0 Å². The number of hydrogen-bond acceptors (Lipinski definition) is 3. The van der Waals surface area contributed by atoms with Gasteiger partial charge in [0.15, 0.2) is 0 Å². The number of halogens is 4. The maximum Gasteiger partial charge on any atom is 0.289 e. The van der Waals surface area contributed by atoms with Crippen LogP contribution < -0.4 is 5.73 Å². The molecule has 90 valence electrons. The van der Waals surface area contributed by atoms with Gasteiger partial charge in [-0.25, -0.2) is 8.78 Å². The van der Waals surface area contributed by atoms with Crippen molar-refractivity contribution in [3.8, 4) is 5.75 Å². The van der Waals surface area contributed by atoms with Gasteiger partial charge in [0.2, 0.25) is 0 Å². The Morgan fingerprint density at radius 3 is 2.56 bits per heavy atom. The van der Waals surface area contributed by atoms with E-state index in [1.165, 1.54) is 12.1 Å². The van der Waals surface area contributed by atoms with Gasteiger partial charge in [0, 0.05) is 10.6 Å². The fourth-order valence-corrected chi connectivity index (χ4v) is 1.78. The maximum absolute atomic E-state index is 13.2. The molecule has 0 unspecified atom stereocenters. The summed E-state index contributed by atoms with van der Waals surface area (Å²) in [6.45, 7) is -1.42. The van der Waals surface area contributed by atoms with Crippen molar-refractivity contribution in [2.45, 2.75) is 12.0 Å². The van der Waals surface area contributed by atoms with Gasteiger partial charge in [-0.1, -0.05) is 11.6 Å². The highest BCUT2D eigenvalue weighted by Gasteiger charge is 2.40. The molecule has 1 atom stereocenters. The summed E-state index contributed by atoms with van der Waals surface area (Å²) in [5, 5.41) is 18.0. The molecule has 3 nitrogen and oxygen atoms in total. The van der Waals surface area contributed by atoms with Crippen LogP contribution in [0.15, 0.2) is 16.6 Å². The molecule has 0 fully saturated rings. The number of phenols is 1. The fraction of sp³-hybridized carbons (Fsp3) is 0.333. The number of benzene rings is 1. The van der Waals surface area contributed by atoms with E-state index in [1.54, 1.807) is 0 Å². The van der Waals surface area contributed by atoms with E-state index in [0.29, 0.717) is 0 Å². The zero-order valence-electron chi connectivity index (χ0n) is 7.92. The quantitative estimate of drug-likeness (QED) is 0.802. The molecule has 4 N–H and O–H groups in total. The number of aliphatic hydroxyl groups is 1. The summed E-state index contributed by atoms with van der Waals surface area (Å²) in [7, 11) is 0. The molecule has 1 aromatic carbocycles. The molecule has 0 saturated heterocycles. The van der Waals surface area contributed by atoms with Gasteiger partial charge in [-0.2, -0.15) is 0 Å². The van der Waals surface area contributed by atoms with Crippen molar-refractivity contribution in [2.75, 3.05) is 6.61 Å². The van der Waals surface area contributed by atoms with Crippen LogP contribution in [0.1, 0.15) is 11.6 Å². The molecule has 0 bridgehead atoms. The molecule has 0 radical (unpaired) electrons. The Bertz CT molecular complexity index is 403. The Labute approximate surface area is 104 Å². The second-order valence-corrected chi connectivity index (χ2v) is 4.45. The minimum absolute atomic E-state index is 0.0821. The second-order valence-electron chi connectivity index (χ2n) is 3.19. The van der Waals surface area contributed by atoms with Gasteiger partial charge in [-0.15, -0.1) is 0 Å². The molecule has 7 heteroatoms. The van der Waals surface area contributed by atoms with Gasteiger partial charge < -0.3 is 15.9 Å². The van der Waals surface area contributed by atoms with Crippen LogP contribution >= 0.6 is 27.5 Å². The average molecular weight is 317 g/mol. The lowest BCUT2D eigenvalue weighted by Crippen LogP contribution is -2.36. The third-order valence-corrected chi connectivity index (χ3v) is 3.06. The summed E-state index contributed by atoms with van der Waals surface area (Å²) in [4.78, 5) is 0. The summed E-state index contributed by atoms with van der Waals surface area (Å²) < 4.78 is 26.5. The minimum Gasteiger partial charge on any atom is -0.506 e. The van der Waals surface area contributed by atoms with Crippen molar-refractivity contribution >= 4 is 27.5 Å². The van der Waals surface area contributed by atoms with Crippen LogP contribution in [0.3, 0.4) is 0 Å². The Kier molecular flexibility index (Phi) is 4.12. The molecule has 0 spiro atoms. The summed E-state index contributed by atoms with van der Waals surface area (Å²) in [6, 6.07) is 0.862. The highest BCUT2D eigenvalue weighted by Crippen LogP contribution is 2.41. The van der Waals surface area contributed by atoms with Gasteiger partial charge in [-0.05, 0) is 28.1 Å². The number of nitrogens with two attached hydrogens (primary N) is 1. The number of aliphatic hydroxyl groups excluding tert-OH is 1. The third-order valence-electron chi connectivity index (χ3n) is 2.09. The molecule has 1 aromatic rings. The predicted molar refractivity (Wildman–Crippen MR) is 59.8 cm³/mol. The van der Waals surface area contributed by atoms with E-state index in [2.05, 4.69) is 15.9 Å². The van der Waals surface area contributed by atoms with Crippen LogP contribution in [-0.4, -0.2) is 22.7 Å². The zero-order valence-corrected chi connectivity index (χ0v) is 10.3. The molecule has 0 aliphatic heterocycles. The smallest absolute Gasteiger partial charge is 0.289 e. The lowest BCUT2D eigenvalue weighted by molar-refractivity contribution is -0.0715. The molecule has 1 rings (SSSR count). The van der Waals surface area contributed by atoms with Crippen LogP contribution in [0, 0.1) is 0 Å². The highest BCUT2D eigenvalue weighted by molar-refractivity contribution is 9.10. The monoisotopic (exact) mass is 315 g/mol. The number of hydrogen-bond donors (Lipinski definition) is 3. The van der Waals surface area contributed by atoms with Gasteiger partial charge in [0.05, 0.1) is 4.47 Å². The zero-order chi connectivity index (χ0) is 12.5. The van der Waals surface area contributed by atoms with Gasteiger partial charge in [0.1, 0.15) is 18.4 Å². The maximum atomic E-state index is 13.2. The first kappa shape index (κ1) is 13.6. The summed E-state index contributed by atoms with van der Waals surface area (Å²) in [5.41, 5.74) is 4.98. The first-order valence-corrected chi connectivity index (χ1v) is 5.39. The largest absolute Gasteiger partial charge is 0.506 e. The number of phenolic OH excluding ortho intramolecular Hbond substituents is 1. The standard InChI is InChI=1S/C9H9BrClF2NO2/c10-4-1-2-5(11)6(7(4)16)8(14)9(12,13)3-15/h1-2,8,15-16H,3,14H2/t8-/m1/s1. The Balaban J connectivity index is 3.28. The first-order chi connectivity index (χ1) is 7.31. The van der Waals surface area contributed by atoms with Crippen LogP contribution in [-0.2, 0) is 0 Å². The fourth-order valence-electron chi connectivity index (χ4n) is 1.16. The second kappa shape index (κ2) is 4.83. The van der Waals surface area contributed by atoms with E-state index in [-0.39, 0.29) is 15.1 Å². The van der Waals surface area contributed by atoms with E-state index in [9.17, 15) is 13.9 Å². The van der Waals surface area contributed by atoms with E-state index in [0.717, 1.165) is 0 Å². The predicted octanol–water partition coefficient (Wildman–Crippen LogP) is 2.44. The lowest BCUT2D eigenvalue weighted by Gasteiger charge is -2.23. The number of aromatic hydroxyl groups is 1. The molecule has 0 amide bonds. The van der Waals surface area contributed by atoms with Gasteiger partial charge in [0.25, 0.3) is 5.92 Å². The molecule has 16 heavy (non-hydrogen) atoms. The average Bonchev–Trinajstić information content (AvgIpc) is 2.24. The highest BCUT2D eigenvalue weighted by atomic mass is 79.9. The Morgan fingerprint density at radius 1 is 1.50 bits per heavy atom. The summed E-state index contributed by atoms with van der Waals surface area (Å²) in [5.74, 6) is -4.00. The molecule has 0 aromatic heterocycles. The number of alkyl halides is 2. The topological polar surface area (TPSA) is 66.5 Å². The number of rotatable bonds is 3. The first-order valence-electron chi connectivity index (χ1n) is 4.22. The normalized spacial score (nSPS) is 13.9. The van der Waals surface area contributed by atoms with E-state index in [1.807, 2.05) is 0 Å².